The van der Waals surface area contributed by atoms with Crippen LogP contribution in [0.4, 0.5) is 11.4 Å². The molecular weight excluding hydrogens is 240 g/mol. The SMILES string of the molecule is O=C1CC(CS)CN1c1cccc([N+](=O)[O-])c1. The average Bonchev–Trinajstić information content (AvgIpc) is 2.71. The summed E-state index contributed by atoms with van der Waals surface area (Å²) < 4.78 is 0. The number of nitro groups is 1. The molecule has 1 atom stereocenters. The van der Waals surface area contributed by atoms with E-state index in [1.54, 1.807) is 17.0 Å². The Labute approximate surface area is 104 Å². The zero-order valence-corrected chi connectivity index (χ0v) is 9.97. The molecule has 0 aromatic heterocycles. The largest absolute Gasteiger partial charge is 0.312 e. The number of anilines is 1. The molecule has 0 bridgehead atoms. The Morgan fingerprint density at radius 1 is 1.53 bits per heavy atom. The Bertz CT molecular complexity index is 464. The molecule has 0 saturated carbocycles. The molecule has 1 fully saturated rings. The first kappa shape index (κ1) is 11.9. The Hall–Kier alpha value is -1.56. The highest BCUT2D eigenvalue weighted by molar-refractivity contribution is 7.80. The van der Waals surface area contributed by atoms with Crippen molar-refractivity contribution in [2.75, 3.05) is 17.2 Å². The van der Waals surface area contributed by atoms with Gasteiger partial charge in [-0.15, -0.1) is 0 Å². The monoisotopic (exact) mass is 252 g/mol. The van der Waals surface area contributed by atoms with Crippen molar-refractivity contribution >= 4 is 29.9 Å². The van der Waals surface area contributed by atoms with Gasteiger partial charge in [0.2, 0.25) is 5.91 Å². The lowest BCUT2D eigenvalue weighted by Crippen LogP contribution is -2.24. The summed E-state index contributed by atoms with van der Waals surface area (Å²) in [5.41, 5.74) is 0.595. The lowest BCUT2D eigenvalue weighted by Gasteiger charge is -2.15. The van der Waals surface area contributed by atoms with E-state index in [2.05, 4.69) is 12.6 Å². The summed E-state index contributed by atoms with van der Waals surface area (Å²) in [6.07, 6.45) is 0.464. The third-order valence-electron chi connectivity index (χ3n) is 2.82. The molecule has 1 aromatic carbocycles. The summed E-state index contributed by atoms with van der Waals surface area (Å²) in [5.74, 6) is 0.881. The standard InChI is InChI=1S/C11H12N2O3S/c14-11-4-8(7-17)6-12(11)9-2-1-3-10(5-9)13(15)16/h1-3,5,8,17H,4,6-7H2. The van der Waals surface area contributed by atoms with Crippen molar-refractivity contribution in [1.82, 2.24) is 0 Å². The molecule has 1 heterocycles. The molecule has 0 N–H and O–H groups in total. The van der Waals surface area contributed by atoms with E-state index in [1.165, 1.54) is 12.1 Å². The first-order valence-electron chi connectivity index (χ1n) is 5.27. The highest BCUT2D eigenvalue weighted by atomic mass is 32.1. The van der Waals surface area contributed by atoms with Crippen LogP contribution in [0.15, 0.2) is 24.3 Å². The summed E-state index contributed by atoms with van der Waals surface area (Å²) in [6.45, 7) is 0.587. The first-order valence-corrected chi connectivity index (χ1v) is 5.90. The fourth-order valence-corrected chi connectivity index (χ4v) is 2.17. The quantitative estimate of drug-likeness (QED) is 0.507. The number of thiol groups is 1. The highest BCUT2D eigenvalue weighted by Crippen LogP contribution is 2.28. The van der Waals surface area contributed by atoms with Gasteiger partial charge in [-0.05, 0) is 17.7 Å². The van der Waals surface area contributed by atoms with Crippen molar-refractivity contribution in [2.45, 2.75) is 6.42 Å². The van der Waals surface area contributed by atoms with E-state index in [0.29, 0.717) is 24.4 Å². The van der Waals surface area contributed by atoms with Crippen LogP contribution in [0.25, 0.3) is 0 Å². The van der Waals surface area contributed by atoms with Crippen molar-refractivity contribution in [3.63, 3.8) is 0 Å². The molecule has 5 nitrogen and oxygen atoms in total. The number of hydrogen-bond acceptors (Lipinski definition) is 4. The van der Waals surface area contributed by atoms with Crippen LogP contribution in [0.2, 0.25) is 0 Å². The number of rotatable bonds is 3. The van der Waals surface area contributed by atoms with Gasteiger partial charge in [0.25, 0.3) is 5.69 Å². The van der Waals surface area contributed by atoms with Crippen LogP contribution in [0.3, 0.4) is 0 Å². The molecule has 1 aromatic rings. The van der Waals surface area contributed by atoms with Gasteiger partial charge < -0.3 is 4.90 Å². The number of nitrogens with zero attached hydrogens (tertiary/aromatic N) is 2. The van der Waals surface area contributed by atoms with Crippen LogP contribution in [-0.2, 0) is 4.79 Å². The smallest absolute Gasteiger partial charge is 0.271 e. The Morgan fingerprint density at radius 2 is 2.29 bits per heavy atom. The van der Waals surface area contributed by atoms with E-state index in [9.17, 15) is 14.9 Å². The minimum absolute atomic E-state index is 0.00421. The molecule has 6 heteroatoms. The summed E-state index contributed by atoms with van der Waals surface area (Å²) in [6, 6.07) is 6.15. The normalized spacial score (nSPS) is 19.7. The molecule has 1 saturated heterocycles. The van der Waals surface area contributed by atoms with Gasteiger partial charge in [0.1, 0.15) is 0 Å². The van der Waals surface area contributed by atoms with Gasteiger partial charge in [0, 0.05) is 25.1 Å². The van der Waals surface area contributed by atoms with Gasteiger partial charge in [-0.25, -0.2) is 0 Å². The minimum Gasteiger partial charge on any atom is -0.312 e. The second-order valence-corrected chi connectivity index (χ2v) is 4.40. The fraction of sp³-hybridized carbons (Fsp3) is 0.364. The molecule has 90 valence electrons. The molecule has 2 rings (SSSR count). The third kappa shape index (κ3) is 2.41. The van der Waals surface area contributed by atoms with Crippen LogP contribution in [0.1, 0.15) is 6.42 Å². The average molecular weight is 252 g/mol. The number of hydrogen-bond donors (Lipinski definition) is 1. The lowest BCUT2D eigenvalue weighted by atomic mass is 10.1. The molecule has 1 amide bonds. The topological polar surface area (TPSA) is 63.5 Å². The summed E-state index contributed by atoms with van der Waals surface area (Å²) in [4.78, 5) is 23.5. The van der Waals surface area contributed by atoms with E-state index in [1.807, 2.05) is 0 Å². The molecule has 1 aliphatic rings. The predicted octanol–water partition coefficient (Wildman–Crippen LogP) is 1.88. The van der Waals surface area contributed by atoms with Crippen molar-refractivity contribution in [1.29, 1.82) is 0 Å². The first-order chi connectivity index (χ1) is 8.11. The van der Waals surface area contributed by atoms with Crippen LogP contribution in [0, 0.1) is 16.0 Å². The minimum atomic E-state index is -0.458. The van der Waals surface area contributed by atoms with Gasteiger partial charge in [-0.1, -0.05) is 6.07 Å². The number of carbonyl (C=O) groups is 1. The maximum Gasteiger partial charge on any atom is 0.271 e. The van der Waals surface area contributed by atoms with Crippen LogP contribution in [0.5, 0.6) is 0 Å². The van der Waals surface area contributed by atoms with Crippen LogP contribution >= 0.6 is 12.6 Å². The van der Waals surface area contributed by atoms with Crippen molar-refractivity contribution < 1.29 is 9.72 Å². The lowest BCUT2D eigenvalue weighted by molar-refractivity contribution is -0.384. The van der Waals surface area contributed by atoms with E-state index in [-0.39, 0.29) is 17.5 Å². The van der Waals surface area contributed by atoms with Gasteiger partial charge in [0.05, 0.1) is 10.6 Å². The summed E-state index contributed by atoms with van der Waals surface area (Å²) >= 11 is 4.18. The third-order valence-corrected chi connectivity index (χ3v) is 3.33. The molecule has 17 heavy (non-hydrogen) atoms. The van der Waals surface area contributed by atoms with Gasteiger partial charge in [-0.3, -0.25) is 14.9 Å². The summed E-state index contributed by atoms with van der Waals surface area (Å²) in [7, 11) is 0. The maximum atomic E-state index is 11.7. The second kappa shape index (κ2) is 4.75. The molecule has 0 radical (unpaired) electrons. The van der Waals surface area contributed by atoms with E-state index >= 15 is 0 Å². The maximum absolute atomic E-state index is 11.7. The Morgan fingerprint density at radius 3 is 2.88 bits per heavy atom. The van der Waals surface area contributed by atoms with E-state index in [0.717, 1.165) is 0 Å². The molecule has 1 unspecified atom stereocenters. The van der Waals surface area contributed by atoms with Gasteiger partial charge in [0.15, 0.2) is 0 Å². The second-order valence-electron chi connectivity index (χ2n) is 4.03. The van der Waals surface area contributed by atoms with Gasteiger partial charge in [-0.2, -0.15) is 12.6 Å². The number of nitro benzene ring substituents is 1. The van der Waals surface area contributed by atoms with Crippen molar-refractivity contribution in [2.24, 2.45) is 5.92 Å². The number of carbonyl (C=O) groups excluding carboxylic acids is 1. The van der Waals surface area contributed by atoms with Gasteiger partial charge >= 0.3 is 0 Å². The Balaban J connectivity index is 2.25. The summed E-state index contributed by atoms with van der Waals surface area (Å²) in [5, 5.41) is 10.7. The van der Waals surface area contributed by atoms with E-state index < -0.39 is 4.92 Å². The highest BCUT2D eigenvalue weighted by Gasteiger charge is 2.30. The van der Waals surface area contributed by atoms with E-state index in [4.69, 9.17) is 0 Å². The van der Waals surface area contributed by atoms with Crippen LogP contribution < -0.4 is 4.90 Å². The number of non-ortho nitro benzene ring substituents is 1. The molecule has 1 aliphatic heterocycles. The number of amides is 1. The Kier molecular flexibility index (Phi) is 3.33. The van der Waals surface area contributed by atoms with Crippen molar-refractivity contribution in [3.8, 4) is 0 Å². The molecular formula is C11H12N2O3S. The fourth-order valence-electron chi connectivity index (χ4n) is 1.93. The predicted molar refractivity (Wildman–Crippen MR) is 67.4 cm³/mol. The zero-order valence-electron chi connectivity index (χ0n) is 9.07. The molecule has 0 aliphatic carbocycles. The van der Waals surface area contributed by atoms with Crippen LogP contribution in [-0.4, -0.2) is 23.1 Å². The number of benzene rings is 1. The molecule has 0 spiro atoms. The zero-order chi connectivity index (χ0) is 12.4. The van der Waals surface area contributed by atoms with Crippen molar-refractivity contribution in [3.05, 3.63) is 34.4 Å².